The third kappa shape index (κ3) is 2.99. The molecule has 2 aromatic rings. The van der Waals surface area contributed by atoms with Gasteiger partial charge in [0.25, 0.3) is 5.91 Å². The first-order valence-corrected chi connectivity index (χ1v) is 7.75. The molecule has 1 amide bonds. The summed E-state index contributed by atoms with van der Waals surface area (Å²) in [6.45, 7) is 4.80. The van der Waals surface area contributed by atoms with Gasteiger partial charge in [0.2, 0.25) is 0 Å². The van der Waals surface area contributed by atoms with Crippen LogP contribution in [0.3, 0.4) is 0 Å². The highest BCUT2D eigenvalue weighted by atomic mass is 19.1. The molecule has 2 heterocycles. The minimum Gasteiger partial charge on any atom is -0.393 e. The highest BCUT2D eigenvalue weighted by Crippen LogP contribution is 2.23. The molecule has 3 rings (SSSR count). The number of hydrogen-bond acceptors (Lipinski definition) is 3. The molecule has 1 aromatic heterocycles. The summed E-state index contributed by atoms with van der Waals surface area (Å²) in [5, 5.41) is 13.9. The fraction of sp³-hybridized carbons (Fsp3) is 0.412. The molecule has 23 heavy (non-hydrogen) atoms. The van der Waals surface area contributed by atoms with Gasteiger partial charge >= 0.3 is 0 Å². The van der Waals surface area contributed by atoms with Crippen LogP contribution in [0.5, 0.6) is 0 Å². The maximum Gasteiger partial charge on any atom is 0.257 e. The summed E-state index contributed by atoms with van der Waals surface area (Å²) in [6.07, 6.45) is 1.96. The molecule has 0 bridgehead atoms. The predicted octanol–water partition coefficient (Wildman–Crippen LogP) is 2.16. The zero-order valence-electron chi connectivity index (χ0n) is 13.2. The summed E-state index contributed by atoms with van der Waals surface area (Å²) in [5.74, 6) is -0.249. The molecule has 6 heteroatoms. The number of hydrogen-bond donors (Lipinski definition) is 1. The summed E-state index contributed by atoms with van der Waals surface area (Å²) < 4.78 is 14.7. The molecule has 1 N–H and O–H groups in total. The van der Waals surface area contributed by atoms with Crippen molar-refractivity contribution in [3.8, 4) is 5.69 Å². The third-order valence-electron chi connectivity index (χ3n) is 4.51. The van der Waals surface area contributed by atoms with Crippen molar-refractivity contribution in [2.75, 3.05) is 13.1 Å². The molecule has 2 atom stereocenters. The molecule has 1 saturated heterocycles. The van der Waals surface area contributed by atoms with E-state index >= 15 is 0 Å². The minimum absolute atomic E-state index is 0.0704. The van der Waals surface area contributed by atoms with Crippen LogP contribution in [0.2, 0.25) is 0 Å². The SMILES string of the molecule is Cc1c(C(=O)N2CCC(C(C)O)C2)cnn1-c1ccc(F)cc1. The summed E-state index contributed by atoms with van der Waals surface area (Å²) in [5.41, 5.74) is 1.98. The van der Waals surface area contributed by atoms with Crippen LogP contribution in [0.25, 0.3) is 5.69 Å². The van der Waals surface area contributed by atoms with E-state index in [0.29, 0.717) is 24.3 Å². The maximum absolute atomic E-state index is 13.0. The first-order chi connectivity index (χ1) is 11.0. The van der Waals surface area contributed by atoms with Crippen LogP contribution in [-0.4, -0.2) is 44.9 Å². The van der Waals surface area contributed by atoms with Gasteiger partial charge in [0.15, 0.2) is 0 Å². The Kier molecular flexibility index (Phi) is 4.17. The molecule has 0 radical (unpaired) electrons. The monoisotopic (exact) mass is 317 g/mol. The second-order valence-electron chi connectivity index (χ2n) is 6.07. The Labute approximate surface area is 134 Å². The van der Waals surface area contributed by atoms with Crippen LogP contribution in [0.1, 0.15) is 29.4 Å². The molecule has 1 aliphatic heterocycles. The lowest BCUT2D eigenvalue weighted by Gasteiger charge is -2.17. The zero-order valence-corrected chi connectivity index (χ0v) is 13.2. The molecular formula is C17H20FN3O2. The van der Waals surface area contributed by atoms with E-state index < -0.39 is 6.10 Å². The number of rotatable bonds is 3. The average Bonchev–Trinajstić information content (AvgIpc) is 3.15. The lowest BCUT2D eigenvalue weighted by molar-refractivity contribution is 0.0761. The maximum atomic E-state index is 13.0. The van der Waals surface area contributed by atoms with Gasteiger partial charge in [-0.15, -0.1) is 0 Å². The highest BCUT2D eigenvalue weighted by molar-refractivity contribution is 5.95. The standard InChI is InChI=1S/C17H20FN3O2/c1-11-16(17(23)20-8-7-13(10-20)12(2)22)9-19-21(11)15-5-3-14(18)4-6-15/h3-6,9,12-13,22H,7-8,10H2,1-2H3. The largest absolute Gasteiger partial charge is 0.393 e. The number of amides is 1. The van der Waals surface area contributed by atoms with E-state index in [1.807, 2.05) is 6.92 Å². The average molecular weight is 317 g/mol. The molecule has 2 unspecified atom stereocenters. The molecule has 1 aliphatic rings. The Morgan fingerprint density at radius 1 is 1.39 bits per heavy atom. The number of aliphatic hydroxyl groups is 1. The molecule has 122 valence electrons. The van der Waals surface area contributed by atoms with Gasteiger partial charge in [-0.25, -0.2) is 9.07 Å². The smallest absolute Gasteiger partial charge is 0.257 e. The van der Waals surface area contributed by atoms with Crippen LogP contribution in [0.4, 0.5) is 4.39 Å². The number of aromatic nitrogens is 2. The van der Waals surface area contributed by atoms with Crippen molar-refractivity contribution in [3.63, 3.8) is 0 Å². The van der Waals surface area contributed by atoms with Gasteiger partial charge in [0, 0.05) is 19.0 Å². The lowest BCUT2D eigenvalue weighted by Crippen LogP contribution is -2.30. The van der Waals surface area contributed by atoms with E-state index in [-0.39, 0.29) is 17.6 Å². The molecule has 1 fully saturated rings. The van der Waals surface area contributed by atoms with Crippen LogP contribution < -0.4 is 0 Å². The van der Waals surface area contributed by atoms with Gasteiger partial charge in [0.1, 0.15) is 5.82 Å². The number of nitrogens with zero attached hydrogens (tertiary/aromatic N) is 3. The van der Waals surface area contributed by atoms with Crippen molar-refractivity contribution in [1.29, 1.82) is 0 Å². The van der Waals surface area contributed by atoms with Gasteiger partial charge in [0.05, 0.1) is 29.2 Å². The normalized spacial score (nSPS) is 19.1. The summed E-state index contributed by atoms with van der Waals surface area (Å²) >= 11 is 0. The number of aliphatic hydroxyl groups excluding tert-OH is 1. The van der Waals surface area contributed by atoms with E-state index in [1.54, 1.807) is 34.8 Å². The minimum atomic E-state index is -0.407. The van der Waals surface area contributed by atoms with Gasteiger partial charge in [-0.3, -0.25) is 4.79 Å². The number of carbonyl (C=O) groups excluding carboxylic acids is 1. The van der Waals surface area contributed by atoms with Crippen LogP contribution in [-0.2, 0) is 0 Å². The fourth-order valence-electron chi connectivity index (χ4n) is 3.00. The van der Waals surface area contributed by atoms with E-state index in [0.717, 1.165) is 12.1 Å². The van der Waals surface area contributed by atoms with E-state index in [4.69, 9.17) is 0 Å². The molecular weight excluding hydrogens is 297 g/mol. The van der Waals surface area contributed by atoms with Crippen LogP contribution >= 0.6 is 0 Å². The van der Waals surface area contributed by atoms with Crippen molar-refractivity contribution < 1.29 is 14.3 Å². The second kappa shape index (κ2) is 6.12. The zero-order chi connectivity index (χ0) is 16.6. The number of carbonyl (C=O) groups is 1. The Morgan fingerprint density at radius 3 is 2.70 bits per heavy atom. The number of likely N-dealkylation sites (tertiary alicyclic amines) is 1. The Morgan fingerprint density at radius 2 is 2.09 bits per heavy atom. The van der Waals surface area contributed by atoms with Crippen molar-refractivity contribution in [1.82, 2.24) is 14.7 Å². The third-order valence-corrected chi connectivity index (χ3v) is 4.51. The Bertz CT molecular complexity index is 709. The first kappa shape index (κ1) is 15.7. The lowest BCUT2D eigenvalue weighted by atomic mass is 10.0. The van der Waals surface area contributed by atoms with Gasteiger partial charge in [-0.1, -0.05) is 0 Å². The van der Waals surface area contributed by atoms with Gasteiger partial charge < -0.3 is 10.0 Å². The van der Waals surface area contributed by atoms with E-state index in [1.165, 1.54) is 12.1 Å². The van der Waals surface area contributed by atoms with Crippen molar-refractivity contribution >= 4 is 5.91 Å². The summed E-state index contributed by atoms with van der Waals surface area (Å²) in [7, 11) is 0. The fourth-order valence-corrected chi connectivity index (χ4v) is 3.00. The van der Waals surface area contributed by atoms with Crippen molar-refractivity contribution in [2.45, 2.75) is 26.4 Å². The van der Waals surface area contributed by atoms with Crippen LogP contribution in [0.15, 0.2) is 30.5 Å². The molecule has 1 aromatic carbocycles. The Hall–Kier alpha value is -2.21. The molecule has 0 spiro atoms. The number of halogens is 1. The second-order valence-corrected chi connectivity index (χ2v) is 6.07. The summed E-state index contributed by atoms with van der Waals surface area (Å²) in [6, 6.07) is 5.99. The van der Waals surface area contributed by atoms with Crippen LogP contribution in [0, 0.1) is 18.7 Å². The molecule has 0 saturated carbocycles. The predicted molar refractivity (Wildman–Crippen MR) is 84.0 cm³/mol. The van der Waals surface area contributed by atoms with Crippen molar-refractivity contribution in [3.05, 3.63) is 47.5 Å². The van der Waals surface area contributed by atoms with Crippen molar-refractivity contribution in [2.24, 2.45) is 5.92 Å². The highest BCUT2D eigenvalue weighted by Gasteiger charge is 2.31. The Balaban J connectivity index is 1.82. The molecule has 5 nitrogen and oxygen atoms in total. The first-order valence-electron chi connectivity index (χ1n) is 7.75. The quantitative estimate of drug-likeness (QED) is 0.944. The van der Waals surface area contributed by atoms with E-state index in [2.05, 4.69) is 5.10 Å². The summed E-state index contributed by atoms with van der Waals surface area (Å²) in [4.78, 5) is 14.4. The van der Waals surface area contributed by atoms with Gasteiger partial charge in [-0.05, 0) is 44.5 Å². The topological polar surface area (TPSA) is 58.4 Å². The van der Waals surface area contributed by atoms with E-state index in [9.17, 15) is 14.3 Å². The van der Waals surface area contributed by atoms with Gasteiger partial charge in [-0.2, -0.15) is 5.10 Å². The molecule has 0 aliphatic carbocycles. The number of benzene rings is 1.